The van der Waals surface area contributed by atoms with Gasteiger partial charge in [-0.25, -0.2) is 0 Å². The van der Waals surface area contributed by atoms with Gasteiger partial charge in [0.25, 0.3) is 0 Å². The van der Waals surface area contributed by atoms with E-state index in [1.54, 1.807) is 0 Å². The van der Waals surface area contributed by atoms with Gasteiger partial charge in [-0.15, -0.1) is 0 Å². The number of hydrogen-bond donors (Lipinski definition) is 0. The lowest BCUT2D eigenvalue weighted by Gasteiger charge is -2.13. The molecule has 0 nitrogen and oxygen atoms in total. The third-order valence-corrected chi connectivity index (χ3v) is 4.64. The van der Waals surface area contributed by atoms with Crippen molar-refractivity contribution >= 4 is 6.08 Å². The molecule has 2 aromatic carbocycles. The van der Waals surface area contributed by atoms with Crippen LogP contribution in [-0.2, 0) is 0 Å². The number of benzene rings is 2. The van der Waals surface area contributed by atoms with E-state index >= 15 is 0 Å². The molecule has 0 radical (unpaired) electrons. The number of rotatable bonds is 4. The summed E-state index contributed by atoms with van der Waals surface area (Å²) in [5, 5.41) is 0. The topological polar surface area (TPSA) is 0 Å². The first-order chi connectivity index (χ1) is 11.4. The Bertz CT molecular complexity index is 660. The highest BCUT2D eigenvalue weighted by atomic mass is 14.1. The third-order valence-electron chi connectivity index (χ3n) is 4.64. The molecule has 0 amide bonds. The minimum Gasteiger partial charge on any atom is -0.0767 e. The van der Waals surface area contributed by atoms with Gasteiger partial charge in [0.2, 0.25) is 0 Å². The fourth-order valence-electron chi connectivity index (χ4n) is 2.56. The molecule has 0 aliphatic heterocycles. The molecule has 0 aromatic heterocycles. The van der Waals surface area contributed by atoms with Crippen molar-refractivity contribution in [3.05, 3.63) is 75.9 Å². The smallest absolute Gasteiger partial charge is 0.000438 e. The summed E-state index contributed by atoms with van der Waals surface area (Å²) in [7, 11) is 0. The number of allylic oxidation sites excluding steroid dienone is 1. The largest absolute Gasteiger partial charge is 0.0767 e. The molecule has 0 aliphatic rings. The van der Waals surface area contributed by atoms with E-state index in [2.05, 4.69) is 97.0 Å². The lowest BCUT2D eigenvalue weighted by Crippen LogP contribution is -1.95. The Balaban J connectivity index is 0.000000648. The van der Waals surface area contributed by atoms with E-state index in [9.17, 15) is 0 Å². The zero-order valence-corrected chi connectivity index (χ0v) is 16.6. The van der Waals surface area contributed by atoms with Crippen molar-refractivity contribution in [1.82, 2.24) is 0 Å². The molecule has 0 N–H and O–H groups in total. The van der Waals surface area contributed by atoms with Gasteiger partial charge in [-0.05, 0) is 61.4 Å². The van der Waals surface area contributed by atoms with Crippen LogP contribution in [0, 0.1) is 27.7 Å². The Labute approximate surface area is 149 Å². The highest BCUT2D eigenvalue weighted by molar-refractivity contribution is 5.56. The minimum absolute atomic E-state index is 0.440. The molecule has 1 unspecified atom stereocenters. The molecule has 1 atom stereocenters. The van der Waals surface area contributed by atoms with Gasteiger partial charge in [-0.2, -0.15) is 0 Å². The molecule has 2 aromatic rings. The first kappa shape index (κ1) is 20.2. The van der Waals surface area contributed by atoms with Crippen LogP contribution in [0.15, 0.2) is 42.5 Å². The van der Waals surface area contributed by atoms with Gasteiger partial charge >= 0.3 is 0 Å². The fraction of sp³-hybridized carbons (Fsp3) is 0.417. The second kappa shape index (κ2) is 10.1. The summed E-state index contributed by atoms with van der Waals surface area (Å²) >= 11 is 0. The third kappa shape index (κ3) is 6.00. The van der Waals surface area contributed by atoms with E-state index in [0.29, 0.717) is 5.92 Å². The average molecular weight is 323 g/mol. The number of aryl methyl sites for hydroxylation is 3. The normalized spacial score (nSPS) is 12.0. The van der Waals surface area contributed by atoms with E-state index in [-0.39, 0.29) is 0 Å². The van der Waals surface area contributed by atoms with E-state index < -0.39 is 0 Å². The lowest BCUT2D eigenvalue weighted by molar-refractivity contribution is 0.886. The predicted octanol–water partition coefficient (Wildman–Crippen LogP) is 7.54. The molecule has 0 heterocycles. The Kier molecular flexibility index (Phi) is 8.54. The van der Waals surface area contributed by atoms with E-state index in [0.717, 1.165) is 0 Å². The Morgan fingerprint density at radius 3 is 2.17 bits per heavy atom. The molecule has 2 rings (SSSR count). The van der Waals surface area contributed by atoms with Crippen LogP contribution in [0.5, 0.6) is 0 Å². The van der Waals surface area contributed by atoms with Crippen molar-refractivity contribution < 1.29 is 0 Å². The molecule has 0 saturated carbocycles. The number of unbranched alkanes of at least 4 members (excludes halogenated alkanes) is 1. The Morgan fingerprint density at radius 1 is 0.875 bits per heavy atom. The molecular formula is C24H34. The SMILES string of the molecule is CCCC.Cc1ccc(C)c(/C=C\C(C)c2cccc(C)c2C)c1. The van der Waals surface area contributed by atoms with Crippen LogP contribution in [0.2, 0.25) is 0 Å². The Morgan fingerprint density at radius 2 is 1.54 bits per heavy atom. The molecular weight excluding hydrogens is 288 g/mol. The van der Waals surface area contributed by atoms with E-state index in [1.165, 1.54) is 46.2 Å². The van der Waals surface area contributed by atoms with Crippen LogP contribution in [-0.4, -0.2) is 0 Å². The molecule has 24 heavy (non-hydrogen) atoms. The van der Waals surface area contributed by atoms with Gasteiger partial charge in [0.1, 0.15) is 0 Å². The lowest BCUT2D eigenvalue weighted by atomic mass is 9.92. The van der Waals surface area contributed by atoms with Crippen molar-refractivity contribution in [3.63, 3.8) is 0 Å². The summed E-state index contributed by atoms with van der Waals surface area (Å²) in [4.78, 5) is 0. The molecule has 0 heteroatoms. The van der Waals surface area contributed by atoms with Crippen molar-refractivity contribution in [2.75, 3.05) is 0 Å². The molecule has 0 bridgehead atoms. The standard InChI is InChI=1S/C20H24.C4H10/c1-14-9-10-16(3)19(13-14)12-11-17(4)20-8-6-7-15(2)18(20)5;1-3-4-2/h6-13,17H,1-5H3;3-4H2,1-2H3/b12-11-;. The molecule has 0 saturated heterocycles. The summed E-state index contributed by atoms with van der Waals surface area (Å²) in [5.74, 6) is 0.440. The maximum Gasteiger partial charge on any atom is -0.000438 e. The average Bonchev–Trinajstić information content (AvgIpc) is 2.58. The second-order valence-electron chi connectivity index (χ2n) is 6.80. The maximum absolute atomic E-state index is 2.31. The van der Waals surface area contributed by atoms with Gasteiger partial charge in [0.05, 0.1) is 0 Å². The predicted molar refractivity (Wildman–Crippen MR) is 110 cm³/mol. The molecule has 0 spiro atoms. The summed E-state index contributed by atoms with van der Waals surface area (Å²) < 4.78 is 0. The van der Waals surface area contributed by atoms with Gasteiger partial charge in [0.15, 0.2) is 0 Å². The first-order valence-corrected chi connectivity index (χ1v) is 9.22. The van der Waals surface area contributed by atoms with Crippen molar-refractivity contribution in [1.29, 1.82) is 0 Å². The second-order valence-corrected chi connectivity index (χ2v) is 6.80. The molecule has 0 fully saturated rings. The zero-order chi connectivity index (χ0) is 18.1. The zero-order valence-electron chi connectivity index (χ0n) is 16.6. The number of hydrogen-bond acceptors (Lipinski definition) is 0. The summed E-state index contributed by atoms with van der Waals surface area (Å²) in [6, 6.07) is 13.2. The first-order valence-electron chi connectivity index (χ1n) is 9.22. The van der Waals surface area contributed by atoms with E-state index in [4.69, 9.17) is 0 Å². The maximum atomic E-state index is 2.31. The van der Waals surface area contributed by atoms with Crippen LogP contribution in [0.1, 0.15) is 72.9 Å². The molecule has 0 aliphatic carbocycles. The van der Waals surface area contributed by atoms with Crippen LogP contribution in [0.4, 0.5) is 0 Å². The van der Waals surface area contributed by atoms with Crippen molar-refractivity contribution in [2.24, 2.45) is 0 Å². The van der Waals surface area contributed by atoms with E-state index in [1.807, 2.05) is 0 Å². The highest BCUT2D eigenvalue weighted by Crippen LogP contribution is 2.24. The highest BCUT2D eigenvalue weighted by Gasteiger charge is 2.06. The van der Waals surface area contributed by atoms with Crippen LogP contribution < -0.4 is 0 Å². The summed E-state index contributed by atoms with van der Waals surface area (Å²) in [5.41, 5.74) is 8.17. The van der Waals surface area contributed by atoms with Crippen LogP contribution in [0.25, 0.3) is 6.08 Å². The van der Waals surface area contributed by atoms with Crippen molar-refractivity contribution in [2.45, 2.75) is 67.2 Å². The summed E-state index contributed by atoms with van der Waals surface area (Å²) in [6.07, 6.45) is 7.21. The van der Waals surface area contributed by atoms with Crippen LogP contribution in [0.3, 0.4) is 0 Å². The van der Waals surface area contributed by atoms with Gasteiger partial charge < -0.3 is 0 Å². The van der Waals surface area contributed by atoms with Crippen LogP contribution >= 0.6 is 0 Å². The Hall–Kier alpha value is -1.82. The minimum atomic E-state index is 0.440. The van der Waals surface area contributed by atoms with Gasteiger partial charge in [-0.3, -0.25) is 0 Å². The van der Waals surface area contributed by atoms with Gasteiger partial charge in [0, 0.05) is 0 Å². The quantitative estimate of drug-likeness (QED) is 0.545. The monoisotopic (exact) mass is 322 g/mol. The van der Waals surface area contributed by atoms with Gasteiger partial charge in [-0.1, -0.05) is 87.7 Å². The van der Waals surface area contributed by atoms with Crippen molar-refractivity contribution in [3.8, 4) is 0 Å². The summed E-state index contributed by atoms with van der Waals surface area (Å²) in [6.45, 7) is 15.3. The molecule has 130 valence electrons. The fourth-order valence-corrected chi connectivity index (χ4v) is 2.56.